The van der Waals surface area contributed by atoms with Crippen LogP contribution in [0.1, 0.15) is 12.8 Å². The Morgan fingerprint density at radius 1 is 1.54 bits per heavy atom. The van der Waals surface area contributed by atoms with Crippen LogP contribution in [0.15, 0.2) is 12.7 Å². The third-order valence-electron chi connectivity index (χ3n) is 1.75. The van der Waals surface area contributed by atoms with Crippen molar-refractivity contribution in [2.24, 2.45) is 0 Å². The lowest BCUT2D eigenvalue weighted by Crippen LogP contribution is -2.06. The van der Waals surface area contributed by atoms with Crippen molar-refractivity contribution in [2.45, 2.75) is 17.8 Å². The topological polar surface area (TPSA) is 35.5 Å². The summed E-state index contributed by atoms with van der Waals surface area (Å²) in [4.78, 5) is -0.0968. The van der Waals surface area contributed by atoms with Crippen molar-refractivity contribution in [3.63, 3.8) is 0 Å². The molecule has 0 aromatic carbocycles. The van der Waals surface area contributed by atoms with E-state index >= 15 is 0 Å². The van der Waals surface area contributed by atoms with Crippen LogP contribution in [0, 0.1) is 0 Å². The van der Waals surface area contributed by atoms with Crippen LogP contribution in [0.25, 0.3) is 0 Å². The van der Waals surface area contributed by atoms with Crippen LogP contribution in [0.5, 0.6) is 0 Å². The van der Waals surface area contributed by atoms with Crippen molar-refractivity contribution in [1.82, 2.24) is 0 Å². The Hall–Kier alpha value is 0.240. The second kappa shape index (κ2) is 6.66. The van der Waals surface area contributed by atoms with Crippen molar-refractivity contribution >= 4 is 19.4 Å². The fourth-order valence-electron chi connectivity index (χ4n) is 0.975. The van der Waals surface area contributed by atoms with Crippen molar-refractivity contribution in [1.29, 1.82) is 0 Å². The zero-order valence-electron chi connectivity index (χ0n) is 8.36. The Morgan fingerprint density at radius 3 is 2.38 bits per heavy atom. The van der Waals surface area contributed by atoms with Gasteiger partial charge in [0.25, 0.3) is 0 Å². The Kier molecular flexibility index (Phi) is 6.78. The minimum atomic E-state index is -2.91. The Morgan fingerprint density at radius 2 is 2.08 bits per heavy atom. The zero-order valence-corrected chi connectivity index (χ0v) is 10.1. The highest BCUT2D eigenvalue weighted by molar-refractivity contribution is 8.04. The summed E-state index contributed by atoms with van der Waals surface area (Å²) in [5.41, 5.74) is 0. The summed E-state index contributed by atoms with van der Waals surface area (Å²) >= 11 is 1.51. The van der Waals surface area contributed by atoms with Crippen molar-refractivity contribution in [2.75, 3.05) is 20.5 Å². The molecule has 0 aromatic rings. The van der Waals surface area contributed by atoms with Crippen LogP contribution in [0.3, 0.4) is 0 Å². The summed E-state index contributed by atoms with van der Waals surface area (Å²) in [5.74, 6) is 0. The third-order valence-corrected chi connectivity index (χ3v) is 5.92. The summed E-state index contributed by atoms with van der Waals surface area (Å²) < 4.78 is 21.7. The number of hydrogen-bond donors (Lipinski definition) is 0. The summed E-state index contributed by atoms with van der Waals surface area (Å²) in [6.07, 6.45) is 5.29. The fourth-order valence-corrected chi connectivity index (χ4v) is 3.98. The molecule has 1 atom stereocenters. The number of hydrogen-bond acceptors (Lipinski definition) is 4. The second-order valence-electron chi connectivity index (χ2n) is 2.46. The average molecular weight is 224 g/mol. The summed E-state index contributed by atoms with van der Waals surface area (Å²) in [7, 11) is -0.0697. The molecular formula is C8H17O3PS. The predicted octanol–water partition coefficient (Wildman–Crippen LogP) is 3.13. The maximum atomic E-state index is 11.9. The standard InChI is InChI=1S/C8H17O3PS/c1-5-6-7-8(13-4)12(9,10-2)11-3/h5,8H,1,6-7H2,2-4H3. The first-order valence-corrected chi connectivity index (χ1v) is 6.89. The molecule has 3 nitrogen and oxygen atoms in total. The molecular weight excluding hydrogens is 207 g/mol. The zero-order chi connectivity index (χ0) is 10.3. The Balaban J connectivity index is 4.34. The molecule has 0 N–H and O–H groups in total. The molecule has 0 aromatic heterocycles. The lowest BCUT2D eigenvalue weighted by molar-refractivity contribution is 0.272. The molecule has 0 bridgehead atoms. The largest absolute Gasteiger partial charge is 0.342 e. The smallest absolute Gasteiger partial charge is 0.311 e. The lowest BCUT2D eigenvalue weighted by atomic mass is 10.3. The number of allylic oxidation sites excluding steroid dienone is 1. The van der Waals surface area contributed by atoms with Gasteiger partial charge in [-0.15, -0.1) is 18.3 Å². The van der Waals surface area contributed by atoms with Gasteiger partial charge in [0, 0.05) is 14.2 Å². The third kappa shape index (κ3) is 3.86. The Bertz CT molecular complexity index is 188. The van der Waals surface area contributed by atoms with Crippen LogP contribution in [-0.2, 0) is 13.6 Å². The van der Waals surface area contributed by atoms with Gasteiger partial charge < -0.3 is 9.05 Å². The van der Waals surface area contributed by atoms with Crippen LogP contribution < -0.4 is 0 Å². The minimum absolute atomic E-state index is 0.0968. The van der Waals surface area contributed by atoms with E-state index in [0.29, 0.717) is 0 Å². The molecule has 0 heterocycles. The molecule has 78 valence electrons. The predicted molar refractivity (Wildman–Crippen MR) is 58.4 cm³/mol. The normalized spacial score (nSPS) is 14.1. The van der Waals surface area contributed by atoms with Crippen molar-refractivity contribution in [3.05, 3.63) is 12.7 Å². The van der Waals surface area contributed by atoms with E-state index in [1.807, 2.05) is 6.26 Å². The molecule has 0 saturated carbocycles. The maximum absolute atomic E-state index is 11.9. The quantitative estimate of drug-likeness (QED) is 0.491. The molecule has 0 aliphatic heterocycles. The average Bonchev–Trinajstić information content (AvgIpc) is 2.18. The van der Waals surface area contributed by atoms with Gasteiger partial charge in [-0.2, -0.15) is 0 Å². The van der Waals surface area contributed by atoms with Gasteiger partial charge in [-0.3, -0.25) is 4.57 Å². The maximum Gasteiger partial charge on any atom is 0.342 e. The molecule has 0 radical (unpaired) electrons. The lowest BCUT2D eigenvalue weighted by Gasteiger charge is -2.21. The van der Waals surface area contributed by atoms with Gasteiger partial charge in [0.2, 0.25) is 0 Å². The van der Waals surface area contributed by atoms with Crippen LogP contribution in [-0.4, -0.2) is 25.5 Å². The van der Waals surface area contributed by atoms with Crippen LogP contribution >= 0.6 is 19.4 Å². The van der Waals surface area contributed by atoms with Gasteiger partial charge in [-0.05, 0) is 19.1 Å². The van der Waals surface area contributed by atoms with Gasteiger partial charge in [-0.1, -0.05) is 6.08 Å². The highest BCUT2D eigenvalue weighted by Gasteiger charge is 2.32. The molecule has 0 fully saturated rings. The highest BCUT2D eigenvalue weighted by Crippen LogP contribution is 2.56. The molecule has 0 spiro atoms. The molecule has 0 aliphatic carbocycles. The van der Waals surface area contributed by atoms with Crippen molar-refractivity contribution in [3.8, 4) is 0 Å². The van der Waals surface area contributed by atoms with Gasteiger partial charge in [0.05, 0.1) is 0 Å². The van der Waals surface area contributed by atoms with Gasteiger partial charge in [0.1, 0.15) is 4.99 Å². The Labute approximate surface area is 84.4 Å². The van der Waals surface area contributed by atoms with E-state index in [1.54, 1.807) is 6.08 Å². The SMILES string of the molecule is C=CCCC(SC)P(=O)(OC)OC. The summed E-state index contributed by atoms with van der Waals surface area (Å²) in [6.45, 7) is 3.62. The van der Waals surface area contributed by atoms with E-state index in [4.69, 9.17) is 9.05 Å². The molecule has 1 unspecified atom stereocenters. The van der Waals surface area contributed by atoms with E-state index in [2.05, 4.69) is 6.58 Å². The second-order valence-corrected chi connectivity index (χ2v) is 6.28. The molecule has 0 aliphatic rings. The molecule has 5 heteroatoms. The van der Waals surface area contributed by atoms with E-state index in [9.17, 15) is 4.57 Å². The van der Waals surface area contributed by atoms with Gasteiger partial charge in [-0.25, -0.2) is 0 Å². The number of rotatable bonds is 7. The first-order valence-electron chi connectivity index (χ1n) is 3.99. The summed E-state index contributed by atoms with van der Waals surface area (Å²) in [5, 5.41) is 0. The highest BCUT2D eigenvalue weighted by atomic mass is 32.2. The first-order chi connectivity index (χ1) is 6.14. The fraction of sp³-hybridized carbons (Fsp3) is 0.750. The molecule has 0 saturated heterocycles. The molecule has 13 heavy (non-hydrogen) atoms. The number of thioether (sulfide) groups is 1. The monoisotopic (exact) mass is 224 g/mol. The van der Waals surface area contributed by atoms with Crippen molar-refractivity contribution < 1.29 is 13.6 Å². The first kappa shape index (κ1) is 13.2. The van der Waals surface area contributed by atoms with E-state index in [0.717, 1.165) is 12.8 Å². The van der Waals surface area contributed by atoms with E-state index in [-0.39, 0.29) is 4.99 Å². The molecule has 0 amide bonds. The van der Waals surface area contributed by atoms with Crippen LogP contribution in [0.2, 0.25) is 0 Å². The van der Waals surface area contributed by atoms with Crippen LogP contribution in [0.4, 0.5) is 0 Å². The molecule has 0 rings (SSSR count). The summed E-state index contributed by atoms with van der Waals surface area (Å²) in [6, 6.07) is 0. The van der Waals surface area contributed by atoms with Gasteiger partial charge in [0.15, 0.2) is 0 Å². The van der Waals surface area contributed by atoms with Gasteiger partial charge >= 0.3 is 7.60 Å². The van der Waals surface area contributed by atoms with E-state index in [1.165, 1.54) is 26.0 Å². The van der Waals surface area contributed by atoms with E-state index < -0.39 is 7.60 Å². The minimum Gasteiger partial charge on any atom is -0.311 e.